The topological polar surface area (TPSA) is 61.1 Å². The van der Waals surface area contributed by atoms with E-state index in [0.29, 0.717) is 34.8 Å². The SMILES string of the molecule is CCN(Cc1ccccc1OC)c1ccc(-c2cc(=O)c3ccc4c(c3o2)OC(c2ccccc2)(c2ccccc2)O4)cc1. The van der Waals surface area contributed by atoms with Gasteiger partial charge in [-0.3, -0.25) is 4.79 Å². The van der Waals surface area contributed by atoms with Gasteiger partial charge < -0.3 is 23.5 Å². The zero-order valence-electron chi connectivity index (χ0n) is 24.5. The Morgan fingerprint density at radius 2 is 1.41 bits per heavy atom. The summed E-state index contributed by atoms with van der Waals surface area (Å²) in [4.78, 5) is 15.6. The first-order valence-electron chi connectivity index (χ1n) is 14.7. The van der Waals surface area contributed by atoms with E-state index < -0.39 is 5.79 Å². The molecule has 218 valence electrons. The van der Waals surface area contributed by atoms with Crippen LogP contribution in [-0.4, -0.2) is 13.7 Å². The predicted molar refractivity (Wildman–Crippen MR) is 173 cm³/mol. The summed E-state index contributed by atoms with van der Waals surface area (Å²) >= 11 is 0. The molecule has 0 fully saturated rings. The van der Waals surface area contributed by atoms with E-state index in [4.69, 9.17) is 18.6 Å². The number of para-hydroxylation sites is 1. The molecule has 44 heavy (non-hydrogen) atoms. The molecule has 0 radical (unpaired) electrons. The number of ether oxygens (including phenoxy) is 3. The lowest BCUT2D eigenvalue weighted by Gasteiger charge is -2.28. The molecule has 0 saturated carbocycles. The van der Waals surface area contributed by atoms with E-state index in [1.54, 1.807) is 19.2 Å². The Hall–Kier alpha value is -5.49. The largest absolute Gasteiger partial charge is 0.496 e. The van der Waals surface area contributed by atoms with Gasteiger partial charge in [0, 0.05) is 47.1 Å². The molecule has 6 heteroatoms. The van der Waals surface area contributed by atoms with Crippen molar-refractivity contribution in [3.05, 3.63) is 154 Å². The fraction of sp³-hybridized carbons (Fsp3) is 0.132. The van der Waals surface area contributed by atoms with Crippen LogP contribution in [0.5, 0.6) is 17.2 Å². The first-order valence-corrected chi connectivity index (χ1v) is 14.7. The van der Waals surface area contributed by atoms with Gasteiger partial charge in [0.15, 0.2) is 16.8 Å². The Morgan fingerprint density at radius 3 is 2.07 bits per heavy atom. The molecular formula is C38H31NO5. The van der Waals surface area contributed by atoms with E-state index in [1.165, 1.54) is 6.07 Å². The normalized spacial score (nSPS) is 13.1. The summed E-state index contributed by atoms with van der Waals surface area (Å²) in [7, 11) is 1.69. The lowest BCUT2D eigenvalue weighted by molar-refractivity contribution is -0.0456. The van der Waals surface area contributed by atoms with Gasteiger partial charge in [-0.2, -0.15) is 0 Å². The van der Waals surface area contributed by atoms with E-state index in [9.17, 15) is 4.79 Å². The maximum absolute atomic E-state index is 13.4. The molecule has 0 bridgehead atoms. The lowest BCUT2D eigenvalue weighted by Crippen LogP contribution is -2.36. The van der Waals surface area contributed by atoms with Crippen molar-refractivity contribution < 1.29 is 18.6 Å². The zero-order chi connectivity index (χ0) is 30.1. The highest BCUT2D eigenvalue weighted by atomic mass is 16.7. The summed E-state index contributed by atoms with van der Waals surface area (Å²) in [6.45, 7) is 3.65. The molecule has 0 amide bonds. The number of benzene rings is 5. The van der Waals surface area contributed by atoms with E-state index in [1.807, 2.05) is 103 Å². The smallest absolute Gasteiger partial charge is 0.305 e. The fourth-order valence-corrected chi connectivity index (χ4v) is 5.79. The first kappa shape index (κ1) is 27.3. The highest BCUT2D eigenvalue weighted by molar-refractivity contribution is 5.87. The quantitative estimate of drug-likeness (QED) is 0.181. The van der Waals surface area contributed by atoms with E-state index in [2.05, 4.69) is 17.9 Å². The molecule has 0 N–H and O–H groups in total. The Bertz CT molecular complexity index is 1950. The fourth-order valence-electron chi connectivity index (χ4n) is 5.79. The molecule has 6 nitrogen and oxygen atoms in total. The second kappa shape index (κ2) is 11.3. The van der Waals surface area contributed by atoms with Crippen molar-refractivity contribution in [2.24, 2.45) is 0 Å². The molecule has 1 aliphatic rings. The van der Waals surface area contributed by atoms with Gasteiger partial charge in [0.25, 0.3) is 0 Å². The van der Waals surface area contributed by atoms with Crippen LogP contribution in [0.15, 0.2) is 137 Å². The van der Waals surface area contributed by atoms with E-state index in [0.717, 1.165) is 40.2 Å². The third-order valence-corrected chi connectivity index (χ3v) is 8.08. The molecule has 2 heterocycles. The number of rotatable bonds is 8. The van der Waals surface area contributed by atoms with Crippen LogP contribution < -0.4 is 24.5 Å². The van der Waals surface area contributed by atoms with Crippen molar-refractivity contribution in [3.63, 3.8) is 0 Å². The van der Waals surface area contributed by atoms with Crippen LogP contribution in [0.25, 0.3) is 22.3 Å². The number of fused-ring (bicyclic) bond motifs is 3. The van der Waals surface area contributed by atoms with Gasteiger partial charge in [-0.15, -0.1) is 0 Å². The Labute approximate surface area is 255 Å². The van der Waals surface area contributed by atoms with E-state index in [-0.39, 0.29) is 5.43 Å². The molecule has 1 aliphatic heterocycles. The van der Waals surface area contributed by atoms with Crippen LogP contribution in [0.1, 0.15) is 23.6 Å². The maximum atomic E-state index is 13.4. The Balaban J connectivity index is 1.26. The minimum atomic E-state index is -1.22. The van der Waals surface area contributed by atoms with Crippen LogP contribution in [0.4, 0.5) is 5.69 Å². The summed E-state index contributed by atoms with van der Waals surface area (Å²) in [6.07, 6.45) is 0. The summed E-state index contributed by atoms with van der Waals surface area (Å²) in [6, 6.07) is 40.7. The zero-order valence-corrected chi connectivity index (χ0v) is 24.5. The molecule has 0 atom stereocenters. The third-order valence-electron chi connectivity index (χ3n) is 8.08. The van der Waals surface area contributed by atoms with Crippen molar-refractivity contribution in [1.29, 1.82) is 0 Å². The predicted octanol–water partition coefficient (Wildman–Crippen LogP) is 8.17. The van der Waals surface area contributed by atoms with Crippen LogP contribution >= 0.6 is 0 Å². The van der Waals surface area contributed by atoms with Gasteiger partial charge >= 0.3 is 5.79 Å². The average Bonchev–Trinajstić information content (AvgIpc) is 3.50. The number of methoxy groups -OCH3 is 1. The molecule has 0 unspecified atom stereocenters. The standard InChI is InChI=1S/C38H31NO5/c1-3-39(25-27-12-10-11-17-33(27)41-2)30-20-18-26(19-21-30)35-24-32(40)31-22-23-34-37(36(31)42-35)44-38(43-34,28-13-6-4-7-14-28)29-15-8-5-9-16-29/h4-24H,3,25H2,1-2H3. The first-order chi connectivity index (χ1) is 21.6. The molecule has 6 aromatic rings. The average molecular weight is 582 g/mol. The summed E-state index contributed by atoms with van der Waals surface area (Å²) < 4.78 is 25.3. The molecule has 1 aromatic heterocycles. The van der Waals surface area contributed by atoms with Gasteiger partial charge in [-0.1, -0.05) is 78.9 Å². The minimum Gasteiger partial charge on any atom is -0.496 e. The Kier molecular flexibility index (Phi) is 7.03. The molecule has 7 rings (SSSR count). The number of anilines is 1. The minimum absolute atomic E-state index is 0.153. The number of hydrogen-bond acceptors (Lipinski definition) is 6. The monoisotopic (exact) mass is 581 g/mol. The highest BCUT2D eigenvalue weighted by Gasteiger charge is 2.46. The lowest BCUT2D eigenvalue weighted by atomic mass is 9.97. The van der Waals surface area contributed by atoms with Gasteiger partial charge in [-0.05, 0) is 49.4 Å². The maximum Gasteiger partial charge on any atom is 0.305 e. The summed E-state index contributed by atoms with van der Waals surface area (Å²) in [5.74, 6) is 1.01. The molecule has 0 saturated heterocycles. The Morgan fingerprint density at radius 1 is 0.750 bits per heavy atom. The van der Waals surface area contributed by atoms with E-state index >= 15 is 0 Å². The second-order valence-electron chi connectivity index (χ2n) is 10.7. The summed E-state index contributed by atoms with van der Waals surface area (Å²) in [5, 5.41) is 0.429. The molecule has 0 spiro atoms. The van der Waals surface area contributed by atoms with Gasteiger partial charge in [0.2, 0.25) is 5.75 Å². The second-order valence-corrected chi connectivity index (χ2v) is 10.7. The van der Waals surface area contributed by atoms with Gasteiger partial charge in [0.1, 0.15) is 11.5 Å². The van der Waals surface area contributed by atoms with Crippen molar-refractivity contribution in [2.75, 3.05) is 18.6 Å². The molecule has 0 aliphatic carbocycles. The van der Waals surface area contributed by atoms with Gasteiger partial charge in [-0.25, -0.2) is 0 Å². The highest BCUT2D eigenvalue weighted by Crippen LogP contribution is 2.50. The van der Waals surface area contributed by atoms with Gasteiger partial charge in [0.05, 0.1) is 12.5 Å². The summed E-state index contributed by atoms with van der Waals surface area (Å²) in [5.41, 5.74) is 4.82. The number of hydrogen-bond donors (Lipinski definition) is 0. The number of nitrogens with zero attached hydrogens (tertiary/aromatic N) is 1. The van der Waals surface area contributed by atoms with Crippen molar-refractivity contribution in [1.82, 2.24) is 0 Å². The van der Waals surface area contributed by atoms with Crippen molar-refractivity contribution >= 4 is 16.7 Å². The van der Waals surface area contributed by atoms with Crippen molar-refractivity contribution in [2.45, 2.75) is 19.3 Å². The van der Waals surface area contributed by atoms with Crippen molar-refractivity contribution in [3.8, 4) is 28.6 Å². The third kappa shape index (κ3) is 4.74. The van der Waals surface area contributed by atoms with Crippen LogP contribution in [0, 0.1) is 0 Å². The van der Waals surface area contributed by atoms with Crippen LogP contribution in [0.3, 0.4) is 0 Å². The molecular weight excluding hydrogens is 550 g/mol. The molecule has 5 aromatic carbocycles. The van der Waals surface area contributed by atoms with Crippen LogP contribution in [0.2, 0.25) is 0 Å². The van der Waals surface area contributed by atoms with Crippen LogP contribution in [-0.2, 0) is 12.3 Å².